The van der Waals surface area contributed by atoms with Crippen LogP contribution in [0.25, 0.3) is 0 Å². The molecule has 106 valence electrons. The molecule has 0 atom stereocenters. The van der Waals surface area contributed by atoms with Crippen LogP contribution in [0.1, 0.15) is 6.42 Å². The molecule has 0 unspecified atom stereocenters. The quantitative estimate of drug-likeness (QED) is 0.264. The zero-order chi connectivity index (χ0) is 14.7. The van der Waals surface area contributed by atoms with Crippen molar-refractivity contribution in [3.63, 3.8) is 0 Å². The average Bonchev–Trinajstić information content (AvgIpc) is 2.36. The van der Waals surface area contributed by atoms with Gasteiger partial charge in [-0.2, -0.15) is 0 Å². The fraction of sp³-hybridized carbons (Fsp3) is 0.385. The highest BCUT2D eigenvalue weighted by Crippen LogP contribution is 2.04. The highest BCUT2D eigenvalue weighted by atomic mass is 16.7. The van der Waals surface area contributed by atoms with E-state index in [9.17, 15) is 9.59 Å². The summed E-state index contributed by atoms with van der Waals surface area (Å²) in [5, 5.41) is 8.50. The minimum Gasteiger partial charge on any atom is -0.481 e. The van der Waals surface area contributed by atoms with E-state index < -0.39 is 24.6 Å². The molecule has 0 amide bonds. The van der Waals surface area contributed by atoms with Gasteiger partial charge in [-0.15, -0.1) is 13.2 Å². The molecule has 0 saturated heterocycles. The Hall–Kier alpha value is -1.92. The number of rotatable bonds is 11. The molecule has 0 heterocycles. The van der Waals surface area contributed by atoms with Gasteiger partial charge in [-0.1, -0.05) is 18.7 Å². The maximum atomic E-state index is 11.4. The summed E-state index contributed by atoms with van der Waals surface area (Å²) in [6.07, 6.45) is 1.81. The van der Waals surface area contributed by atoms with E-state index in [1.807, 2.05) is 0 Å². The first kappa shape index (κ1) is 17.1. The van der Waals surface area contributed by atoms with E-state index in [4.69, 9.17) is 19.3 Å². The highest BCUT2D eigenvalue weighted by molar-refractivity contribution is 5.92. The van der Waals surface area contributed by atoms with Crippen molar-refractivity contribution in [1.82, 2.24) is 0 Å². The number of hydrogen-bond donors (Lipinski definition) is 1. The summed E-state index contributed by atoms with van der Waals surface area (Å²) in [5.41, 5.74) is -0.140. The second-order valence-corrected chi connectivity index (χ2v) is 3.45. The molecular formula is C13H18O6. The lowest BCUT2D eigenvalue weighted by Gasteiger charge is -2.17. The summed E-state index contributed by atoms with van der Waals surface area (Å²) >= 11 is 0. The van der Waals surface area contributed by atoms with Crippen LogP contribution < -0.4 is 0 Å². The van der Waals surface area contributed by atoms with Crippen molar-refractivity contribution in [3.8, 4) is 0 Å². The third kappa shape index (κ3) is 8.76. The van der Waals surface area contributed by atoms with Gasteiger partial charge in [-0.05, 0) is 0 Å². The molecule has 0 bridgehead atoms. The van der Waals surface area contributed by atoms with Crippen molar-refractivity contribution < 1.29 is 28.9 Å². The molecule has 0 saturated carbocycles. The number of carboxylic acids is 1. The third-order valence-corrected chi connectivity index (χ3v) is 1.80. The van der Waals surface area contributed by atoms with Crippen molar-refractivity contribution in [2.24, 2.45) is 0 Å². The molecule has 0 rings (SSSR count). The molecule has 19 heavy (non-hydrogen) atoms. The Morgan fingerprint density at radius 2 is 1.68 bits per heavy atom. The standard InChI is InChI=1S/C13H18O6/c1-4-6-17-12(18-7-5-2)9-19-13(16)10(3)8-11(14)15/h4-5,12H,1-3,6-9H2,(H,14,15). The predicted octanol–water partition coefficient (Wildman–Crippen LogP) is 1.29. The van der Waals surface area contributed by atoms with E-state index in [0.29, 0.717) is 0 Å². The Morgan fingerprint density at radius 1 is 1.16 bits per heavy atom. The van der Waals surface area contributed by atoms with Crippen LogP contribution in [0.5, 0.6) is 0 Å². The van der Waals surface area contributed by atoms with Crippen LogP contribution in [0.15, 0.2) is 37.5 Å². The van der Waals surface area contributed by atoms with Gasteiger partial charge in [0.2, 0.25) is 0 Å². The summed E-state index contributed by atoms with van der Waals surface area (Å²) in [7, 11) is 0. The molecule has 0 fully saturated rings. The monoisotopic (exact) mass is 270 g/mol. The molecule has 0 aromatic heterocycles. The normalized spacial score (nSPS) is 9.95. The lowest BCUT2D eigenvalue weighted by Crippen LogP contribution is -2.26. The minimum atomic E-state index is -1.15. The molecule has 6 heteroatoms. The lowest BCUT2D eigenvalue weighted by atomic mass is 10.2. The second-order valence-electron chi connectivity index (χ2n) is 3.45. The van der Waals surface area contributed by atoms with Crippen molar-refractivity contribution >= 4 is 11.9 Å². The largest absolute Gasteiger partial charge is 0.481 e. The van der Waals surface area contributed by atoms with Crippen molar-refractivity contribution in [1.29, 1.82) is 0 Å². The SMILES string of the molecule is C=CCOC(COC(=O)C(=C)CC(=O)O)OCC=C. The fourth-order valence-corrected chi connectivity index (χ4v) is 0.996. The summed E-state index contributed by atoms with van der Waals surface area (Å²) < 4.78 is 15.2. The lowest BCUT2D eigenvalue weighted by molar-refractivity contribution is -0.172. The van der Waals surface area contributed by atoms with E-state index in [-0.39, 0.29) is 25.4 Å². The number of carboxylic acid groups (broad SMARTS) is 1. The zero-order valence-corrected chi connectivity index (χ0v) is 10.7. The molecule has 1 N–H and O–H groups in total. The predicted molar refractivity (Wildman–Crippen MR) is 68.4 cm³/mol. The van der Waals surface area contributed by atoms with Gasteiger partial charge in [0.25, 0.3) is 0 Å². The maximum Gasteiger partial charge on any atom is 0.334 e. The van der Waals surface area contributed by atoms with Crippen LogP contribution in [0.2, 0.25) is 0 Å². The number of aliphatic carboxylic acids is 1. The number of esters is 1. The van der Waals surface area contributed by atoms with Crippen molar-refractivity contribution in [2.45, 2.75) is 12.7 Å². The van der Waals surface area contributed by atoms with Gasteiger partial charge in [0.15, 0.2) is 6.29 Å². The second kappa shape index (κ2) is 10.0. The van der Waals surface area contributed by atoms with E-state index in [1.165, 1.54) is 12.2 Å². The van der Waals surface area contributed by atoms with Gasteiger partial charge in [0, 0.05) is 5.57 Å². The first-order chi connectivity index (χ1) is 9.01. The molecule has 0 aromatic carbocycles. The van der Waals surface area contributed by atoms with E-state index in [1.54, 1.807) is 0 Å². The van der Waals surface area contributed by atoms with Crippen LogP contribution in [-0.2, 0) is 23.8 Å². The van der Waals surface area contributed by atoms with Crippen LogP contribution in [-0.4, -0.2) is 43.2 Å². The Kier molecular flexibility index (Phi) is 9.03. The number of carbonyl (C=O) groups is 2. The van der Waals surface area contributed by atoms with E-state index in [2.05, 4.69) is 19.7 Å². The first-order valence-electron chi connectivity index (χ1n) is 5.53. The maximum absolute atomic E-state index is 11.4. The highest BCUT2D eigenvalue weighted by Gasteiger charge is 2.16. The van der Waals surface area contributed by atoms with Crippen molar-refractivity contribution in [3.05, 3.63) is 37.5 Å². The Bertz CT molecular complexity index is 335. The molecule has 0 aliphatic rings. The van der Waals surface area contributed by atoms with E-state index >= 15 is 0 Å². The van der Waals surface area contributed by atoms with Crippen molar-refractivity contribution in [2.75, 3.05) is 19.8 Å². The molecule has 0 aliphatic carbocycles. The first-order valence-corrected chi connectivity index (χ1v) is 5.53. The smallest absolute Gasteiger partial charge is 0.334 e. The van der Waals surface area contributed by atoms with Crippen LogP contribution >= 0.6 is 0 Å². The van der Waals surface area contributed by atoms with Gasteiger partial charge < -0.3 is 19.3 Å². The summed E-state index contributed by atoms with van der Waals surface area (Å²) in [4.78, 5) is 21.8. The number of carbonyl (C=O) groups excluding carboxylic acids is 1. The summed E-state index contributed by atoms with van der Waals surface area (Å²) in [6.45, 7) is 10.6. The summed E-state index contributed by atoms with van der Waals surface area (Å²) in [5.74, 6) is -1.94. The van der Waals surface area contributed by atoms with Gasteiger partial charge in [0.05, 0.1) is 19.6 Å². The van der Waals surface area contributed by atoms with Crippen LogP contribution in [0, 0.1) is 0 Å². The Balaban J connectivity index is 4.16. The van der Waals surface area contributed by atoms with Gasteiger partial charge in [-0.3, -0.25) is 4.79 Å². The van der Waals surface area contributed by atoms with Gasteiger partial charge in [0.1, 0.15) is 6.61 Å². The molecule has 0 spiro atoms. The third-order valence-electron chi connectivity index (χ3n) is 1.80. The Labute approximate surface area is 112 Å². The zero-order valence-electron chi connectivity index (χ0n) is 10.7. The number of ether oxygens (including phenoxy) is 3. The van der Waals surface area contributed by atoms with Crippen LogP contribution in [0.3, 0.4) is 0 Å². The molecular weight excluding hydrogens is 252 g/mol. The molecule has 6 nitrogen and oxygen atoms in total. The minimum absolute atomic E-state index is 0.140. The van der Waals surface area contributed by atoms with E-state index in [0.717, 1.165) is 0 Å². The fourth-order valence-electron chi connectivity index (χ4n) is 0.996. The Morgan fingerprint density at radius 3 is 2.11 bits per heavy atom. The molecule has 0 aliphatic heterocycles. The summed E-state index contributed by atoms with van der Waals surface area (Å²) in [6, 6.07) is 0. The van der Waals surface area contributed by atoms with Gasteiger partial charge >= 0.3 is 11.9 Å². The topological polar surface area (TPSA) is 82.1 Å². The molecule has 0 radical (unpaired) electrons. The van der Waals surface area contributed by atoms with Gasteiger partial charge in [-0.25, -0.2) is 4.79 Å². The number of hydrogen-bond acceptors (Lipinski definition) is 5. The average molecular weight is 270 g/mol. The molecule has 0 aromatic rings. The van der Waals surface area contributed by atoms with Crippen LogP contribution in [0.4, 0.5) is 0 Å².